The van der Waals surface area contributed by atoms with Gasteiger partial charge in [0.2, 0.25) is 0 Å². The maximum absolute atomic E-state index is 11.8. The van der Waals surface area contributed by atoms with E-state index in [1.54, 1.807) is 12.1 Å². The average molecular weight is 348 g/mol. The standard InChI is InChI=1S/C12H11ClINO/c1-3-4-8(2)15-12(16)9-5-6-11(14)10(13)7-9/h1,5-8H,4H2,2H3,(H,15,16). The van der Waals surface area contributed by atoms with Crippen molar-refractivity contribution < 1.29 is 4.79 Å². The Morgan fingerprint density at radius 2 is 2.38 bits per heavy atom. The molecule has 0 aliphatic carbocycles. The summed E-state index contributed by atoms with van der Waals surface area (Å²) in [6, 6.07) is 5.17. The van der Waals surface area contributed by atoms with Gasteiger partial charge < -0.3 is 5.32 Å². The number of carbonyl (C=O) groups is 1. The molecular formula is C12H11ClINO. The first kappa shape index (κ1) is 13.3. The Kier molecular flexibility index (Phi) is 5.10. The van der Waals surface area contributed by atoms with Gasteiger partial charge in [-0.1, -0.05) is 11.6 Å². The van der Waals surface area contributed by atoms with Crippen LogP contribution in [0.4, 0.5) is 0 Å². The maximum Gasteiger partial charge on any atom is 0.251 e. The minimum absolute atomic E-state index is 0.0319. The van der Waals surface area contributed by atoms with Crippen LogP contribution in [0.3, 0.4) is 0 Å². The lowest BCUT2D eigenvalue weighted by molar-refractivity contribution is 0.0941. The molecule has 0 aromatic heterocycles. The van der Waals surface area contributed by atoms with E-state index >= 15 is 0 Å². The zero-order chi connectivity index (χ0) is 12.1. The Hall–Kier alpha value is -0.730. The average Bonchev–Trinajstić information content (AvgIpc) is 2.22. The topological polar surface area (TPSA) is 29.1 Å². The van der Waals surface area contributed by atoms with E-state index in [4.69, 9.17) is 18.0 Å². The summed E-state index contributed by atoms with van der Waals surface area (Å²) in [6.45, 7) is 1.87. The van der Waals surface area contributed by atoms with Crippen molar-refractivity contribution in [2.24, 2.45) is 0 Å². The van der Waals surface area contributed by atoms with Crippen molar-refractivity contribution in [2.45, 2.75) is 19.4 Å². The fourth-order valence-electron chi connectivity index (χ4n) is 1.17. The van der Waals surface area contributed by atoms with Gasteiger partial charge in [0.25, 0.3) is 5.91 Å². The second-order valence-corrected chi connectivity index (χ2v) is 4.98. The molecule has 0 radical (unpaired) electrons. The van der Waals surface area contributed by atoms with E-state index in [9.17, 15) is 4.79 Å². The summed E-state index contributed by atoms with van der Waals surface area (Å²) < 4.78 is 0.924. The van der Waals surface area contributed by atoms with Crippen LogP contribution in [0.15, 0.2) is 18.2 Å². The number of hydrogen-bond acceptors (Lipinski definition) is 1. The van der Waals surface area contributed by atoms with Crippen LogP contribution >= 0.6 is 34.2 Å². The van der Waals surface area contributed by atoms with Gasteiger partial charge in [-0.25, -0.2) is 0 Å². The van der Waals surface area contributed by atoms with E-state index in [1.165, 1.54) is 0 Å². The molecule has 0 heterocycles. The third-order valence-electron chi connectivity index (χ3n) is 1.98. The Labute approximate surface area is 114 Å². The summed E-state index contributed by atoms with van der Waals surface area (Å²) in [5.41, 5.74) is 0.550. The summed E-state index contributed by atoms with van der Waals surface area (Å²) in [6.07, 6.45) is 5.68. The molecule has 0 saturated carbocycles. The number of rotatable bonds is 3. The lowest BCUT2D eigenvalue weighted by Gasteiger charge is -2.11. The highest BCUT2D eigenvalue weighted by atomic mass is 127. The Morgan fingerprint density at radius 1 is 1.69 bits per heavy atom. The summed E-state index contributed by atoms with van der Waals surface area (Å²) >= 11 is 8.05. The zero-order valence-corrected chi connectivity index (χ0v) is 11.7. The SMILES string of the molecule is C#CCC(C)NC(=O)c1ccc(I)c(Cl)c1. The minimum Gasteiger partial charge on any atom is -0.349 e. The highest BCUT2D eigenvalue weighted by molar-refractivity contribution is 14.1. The van der Waals surface area contributed by atoms with Crippen molar-refractivity contribution in [3.63, 3.8) is 0 Å². The molecule has 2 nitrogen and oxygen atoms in total. The number of halogens is 2. The van der Waals surface area contributed by atoms with Crippen LogP contribution in [0, 0.1) is 15.9 Å². The van der Waals surface area contributed by atoms with Gasteiger partial charge in [-0.05, 0) is 47.7 Å². The molecule has 0 bridgehead atoms. The quantitative estimate of drug-likeness (QED) is 0.661. The van der Waals surface area contributed by atoms with Crippen LogP contribution in [0.5, 0.6) is 0 Å². The lowest BCUT2D eigenvalue weighted by Crippen LogP contribution is -2.32. The second kappa shape index (κ2) is 6.12. The van der Waals surface area contributed by atoms with Gasteiger partial charge in [0.05, 0.1) is 5.02 Å². The van der Waals surface area contributed by atoms with Crippen molar-refractivity contribution >= 4 is 40.1 Å². The largest absolute Gasteiger partial charge is 0.349 e. The first-order valence-electron chi connectivity index (χ1n) is 4.74. The number of nitrogens with one attached hydrogen (secondary N) is 1. The molecule has 1 aromatic carbocycles. The molecule has 0 spiro atoms. The molecule has 1 atom stereocenters. The van der Waals surface area contributed by atoms with Crippen molar-refractivity contribution in [3.05, 3.63) is 32.4 Å². The van der Waals surface area contributed by atoms with Crippen LogP contribution in [-0.4, -0.2) is 11.9 Å². The van der Waals surface area contributed by atoms with E-state index in [0.29, 0.717) is 17.0 Å². The third kappa shape index (κ3) is 3.69. The number of carbonyl (C=O) groups excluding carboxylic acids is 1. The van der Waals surface area contributed by atoms with E-state index in [2.05, 4.69) is 33.8 Å². The molecule has 0 aliphatic rings. The van der Waals surface area contributed by atoms with Gasteiger partial charge in [-0.2, -0.15) is 0 Å². The minimum atomic E-state index is -0.152. The number of amides is 1. The summed E-state index contributed by atoms with van der Waals surface area (Å²) in [4.78, 5) is 11.8. The van der Waals surface area contributed by atoms with Crippen molar-refractivity contribution in [1.29, 1.82) is 0 Å². The first-order valence-corrected chi connectivity index (χ1v) is 6.19. The molecule has 1 N–H and O–H groups in total. The molecule has 0 fully saturated rings. The molecule has 1 aromatic rings. The van der Waals surface area contributed by atoms with Crippen LogP contribution in [0.25, 0.3) is 0 Å². The van der Waals surface area contributed by atoms with Gasteiger partial charge >= 0.3 is 0 Å². The predicted molar refractivity (Wildman–Crippen MR) is 74.5 cm³/mol. The van der Waals surface area contributed by atoms with E-state index in [0.717, 1.165) is 3.57 Å². The van der Waals surface area contributed by atoms with Gasteiger partial charge in [-0.3, -0.25) is 4.79 Å². The predicted octanol–water partition coefficient (Wildman–Crippen LogP) is 3.09. The zero-order valence-electron chi connectivity index (χ0n) is 8.76. The van der Waals surface area contributed by atoms with Gasteiger partial charge in [0.15, 0.2) is 0 Å². The molecule has 84 valence electrons. The normalized spacial score (nSPS) is 11.6. The van der Waals surface area contributed by atoms with Crippen molar-refractivity contribution in [1.82, 2.24) is 5.32 Å². The van der Waals surface area contributed by atoms with Crippen molar-refractivity contribution in [3.8, 4) is 12.3 Å². The molecule has 0 saturated heterocycles. The van der Waals surface area contributed by atoms with E-state index in [1.807, 2.05) is 13.0 Å². The van der Waals surface area contributed by atoms with Crippen LogP contribution < -0.4 is 5.32 Å². The van der Waals surface area contributed by atoms with Gasteiger partial charge in [0, 0.05) is 21.6 Å². The highest BCUT2D eigenvalue weighted by Gasteiger charge is 2.10. The smallest absolute Gasteiger partial charge is 0.251 e. The molecule has 1 rings (SSSR count). The number of benzene rings is 1. The molecule has 1 amide bonds. The molecule has 16 heavy (non-hydrogen) atoms. The fourth-order valence-corrected chi connectivity index (χ4v) is 1.69. The lowest BCUT2D eigenvalue weighted by atomic mass is 10.2. The Balaban J connectivity index is 2.74. The highest BCUT2D eigenvalue weighted by Crippen LogP contribution is 2.19. The Morgan fingerprint density at radius 3 is 2.94 bits per heavy atom. The van der Waals surface area contributed by atoms with E-state index < -0.39 is 0 Å². The number of hydrogen-bond donors (Lipinski definition) is 1. The second-order valence-electron chi connectivity index (χ2n) is 3.41. The summed E-state index contributed by atoms with van der Waals surface area (Å²) in [5.74, 6) is 2.35. The third-order valence-corrected chi connectivity index (χ3v) is 3.56. The molecular weight excluding hydrogens is 336 g/mol. The van der Waals surface area contributed by atoms with Crippen LogP contribution in [-0.2, 0) is 0 Å². The van der Waals surface area contributed by atoms with Crippen molar-refractivity contribution in [2.75, 3.05) is 0 Å². The van der Waals surface area contributed by atoms with Gasteiger partial charge in [0.1, 0.15) is 0 Å². The molecule has 1 unspecified atom stereocenters. The van der Waals surface area contributed by atoms with Crippen LogP contribution in [0.2, 0.25) is 5.02 Å². The molecule has 0 aliphatic heterocycles. The first-order chi connectivity index (χ1) is 7.54. The summed E-state index contributed by atoms with van der Waals surface area (Å²) in [5, 5.41) is 3.38. The monoisotopic (exact) mass is 347 g/mol. The summed E-state index contributed by atoms with van der Waals surface area (Å²) in [7, 11) is 0. The fraction of sp³-hybridized carbons (Fsp3) is 0.250. The van der Waals surface area contributed by atoms with Gasteiger partial charge in [-0.15, -0.1) is 12.3 Å². The van der Waals surface area contributed by atoms with Crippen LogP contribution in [0.1, 0.15) is 23.7 Å². The Bertz CT molecular complexity index is 439. The maximum atomic E-state index is 11.8. The van der Waals surface area contributed by atoms with E-state index in [-0.39, 0.29) is 11.9 Å². The molecule has 4 heteroatoms. The number of terminal acetylenes is 1.